The largest absolute Gasteiger partial charge is 0.376 e. The number of aryl methyl sites for hydroxylation is 2. The lowest BCUT2D eigenvalue weighted by Crippen LogP contribution is -2.47. The standard InChI is InChI=1S/C20H28N4O2/c1-14-3-4-19-18(11-14)15(2)22-20(23-19)24-7-5-16(6-8-24)21-12-17-13-25-9-10-26-17/h3-4,11,16-17,21H,5-10,12-13H2,1-2H3. The van der Waals surface area contributed by atoms with Gasteiger partial charge in [-0.05, 0) is 38.8 Å². The third-order valence-electron chi connectivity index (χ3n) is 5.33. The first-order valence-corrected chi connectivity index (χ1v) is 9.62. The average molecular weight is 356 g/mol. The van der Waals surface area contributed by atoms with Crippen LogP contribution in [-0.4, -0.2) is 61.6 Å². The normalized spacial score (nSPS) is 22.1. The van der Waals surface area contributed by atoms with Crippen LogP contribution in [0.2, 0.25) is 0 Å². The molecule has 0 spiro atoms. The van der Waals surface area contributed by atoms with Crippen molar-refractivity contribution in [1.82, 2.24) is 15.3 Å². The van der Waals surface area contributed by atoms with Gasteiger partial charge in [-0.25, -0.2) is 9.97 Å². The van der Waals surface area contributed by atoms with Gasteiger partial charge in [-0.15, -0.1) is 0 Å². The van der Waals surface area contributed by atoms with Crippen LogP contribution in [0.3, 0.4) is 0 Å². The van der Waals surface area contributed by atoms with Gasteiger partial charge in [0, 0.05) is 31.1 Å². The Labute approximate surface area is 154 Å². The molecule has 6 heteroatoms. The van der Waals surface area contributed by atoms with Gasteiger partial charge in [-0.1, -0.05) is 11.6 Å². The Hall–Kier alpha value is -1.76. The van der Waals surface area contributed by atoms with E-state index in [0.29, 0.717) is 19.3 Å². The summed E-state index contributed by atoms with van der Waals surface area (Å²) in [6.07, 6.45) is 2.39. The Balaban J connectivity index is 1.35. The summed E-state index contributed by atoms with van der Waals surface area (Å²) in [6.45, 7) is 9.16. The molecule has 1 aromatic heterocycles. The van der Waals surface area contributed by atoms with Crippen molar-refractivity contribution in [2.75, 3.05) is 44.4 Å². The molecule has 2 saturated heterocycles. The highest BCUT2D eigenvalue weighted by Gasteiger charge is 2.23. The van der Waals surface area contributed by atoms with Crippen LogP contribution in [0.5, 0.6) is 0 Å². The van der Waals surface area contributed by atoms with Gasteiger partial charge < -0.3 is 19.7 Å². The molecule has 2 aromatic rings. The van der Waals surface area contributed by atoms with Gasteiger partial charge in [0.1, 0.15) is 0 Å². The number of nitrogens with one attached hydrogen (secondary N) is 1. The second-order valence-electron chi connectivity index (χ2n) is 7.37. The fourth-order valence-corrected chi connectivity index (χ4v) is 3.76. The van der Waals surface area contributed by atoms with Gasteiger partial charge in [-0.2, -0.15) is 0 Å². The van der Waals surface area contributed by atoms with E-state index in [1.807, 2.05) is 0 Å². The highest BCUT2D eigenvalue weighted by molar-refractivity contribution is 5.82. The predicted octanol–water partition coefficient (Wildman–Crippen LogP) is 2.22. The minimum atomic E-state index is 0.191. The maximum atomic E-state index is 5.70. The Kier molecular flexibility index (Phi) is 5.33. The van der Waals surface area contributed by atoms with Gasteiger partial charge in [0.2, 0.25) is 5.95 Å². The maximum absolute atomic E-state index is 5.70. The van der Waals surface area contributed by atoms with Crippen LogP contribution in [0.1, 0.15) is 24.1 Å². The van der Waals surface area contributed by atoms with E-state index >= 15 is 0 Å². The molecule has 26 heavy (non-hydrogen) atoms. The number of ether oxygens (including phenoxy) is 2. The van der Waals surface area contributed by atoms with E-state index in [4.69, 9.17) is 19.4 Å². The fourth-order valence-electron chi connectivity index (χ4n) is 3.76. The molecule has 1 unspecified atom stereocenters. The molecule has 1 N–H and O–H groups in total. The third-order valence-corrected chi connectivity index (χ3v) is 5.33. The number of anilines is 1. The molecule has 2 aliphatic heterocycles. The lowest BCUT2D eigenvalue weighted by Gasteiger charge is -2.34. The van der Waals surface area contributed by atoms with E-state index in [0.717, 1.165) is 61.6 Å². The first kappa shape index (κ1) is 17.6. The lowest BCUT2D eigenvalue weighted by atomic mass is 10.0. The van der Waals surface area contributed by atoms with E-state index in [2.05, 4.69) is 42.3 Å². The van der Waals surface area contributed by atoms with Crippen LogP contribution in [-0.2, 0) is 9.47 Å². The minimum absolute atomic E-state index is 0.191. The number of aromatic nitrogens is 2. The summed E-state index contributed by atoms with van der Waals surface area (Å²) in [5.41, 5.74) is 3.34. The molecule has 140 valence electrons. The van der Waals surface area contributed by atoms with Crippen LogP contribution >= 0.6 is 0 Å². The van der Waals surface area contributed by atoms with Crippen molar-refractivity contribution >= 4 is 16.9 Å². The highest BCUT2D eigenvalue weighted by atomic mass is 16.6. The fraction of sp³-hybridized carbons (Fsp3) is 0.600. The summed E-state index contributed by atoms with van der Waals surface area (Å²) >= 11 is 0. The second-order valence-corrected chi connectivity index (χ2v) is 7.37. The summed E-state index contributed by atoms with van der Waals surface area (Å²) in [7, 11) is 0. The summed E-state index contributed by atoms with van der Waals surface area (Å²) in [5, 5.41) is 4.79. The van der Waals surface area contributed by atoms with Gasteiger partial charge in [0.15, 0.2) is 0 Å². The molecule has 0 aliphatic carbocycles. The Morgan fingerprint density at radius 2 is 2.00 bits per heavy atom. The topological polar surface area (TPSA) is 59.5 Å². The molecule has 6 nitrogen and oxygen atoms in total. The van der Waals surface area contributed by atoms with Crippen molar-refractivity contribution in [1.29, 1.82) is 0 Å². The van der Waals surface area contributed by atoms with Crippen LogP contribution in [0.15, 0.2) is 18.2 Å². The maximum Gasteiger partial charge on any atom is 0.226 e. The number of hydrogen-bond acceptors (Lipinski definition) is 6. The smallest absolute Gasteiger partial charge is 0.226 e. The summed E-state index contributed by atoms with van der Waals surface area (Å²) < 4.78 is 11.2. The van der Waals surface area contributed by atoms with Crippen molar-refractivity contribution in [2.24, 2.45) is 0 Å². The van der Waals surface area contributed by atoms with E-state index in [1.54, 1.807) is 0 Å². The predicted molar refractivity (Wildman–Crippen MR) is 103 cm³/mol. The zero-order valence-electron chi connectivity index (χ0n) is 15.7. The number of rotatable bonds is 4. The first-order valence-electron chi connectivity index (χ1n) is 9.62. The molecular weight excluding hydrogens is 328 g/mol. The number of piperidine rings is 1. The molecule has 0 amide bonds. The van der Waals surface area contributed by atoms with Gasteiger partial charge in [0.25, 0.3) is 0 Å². The zero-order chi connectivity index (χ0) is 17.9. The van der Waals surface area contributed by atoms with Gasteiger partial charge >= 0.3 is 0 Å². The van der Waals surface area contributed by atoms with Crippen molar-refractivity contribution in [3.05, 3.63) is 29.5 Å². The van der Waals surface area contributed by atoms with Gasteiger partial charge in [-0.3, -0.25) is 0 Å². The molecule has 1 atom stereocenters. The highest BCUT2D eigenvalue weighted by Crippen LogP contribution is 2.22. The average Bonchev–Trinajstić information content (AvgIpc) is 2.68. The molecule has 1 aromatic carbocycles. The number of nitrogens with zero attached hydrogens (tertiary/aromatic N) is 3. The van der Waals surface area contributed by atoms with Crippen LogP contribution < -0.4 is 10.2 Å². The van der Waals surface area contributed by atoms with Crippen molar-refractivity contribution in [3.63, 3.8) is 0 Å². The number of hydrogen-bond donors (Lipinski definition) is 1. The van der Waals surface area contributed by atoms with Crippen molar-refractivity contribution < 1.29 is 9.47 Å². The van der Waals surface area contributed by atoms with Crippen LogP contribution in [0, 0.1) is 13.8 Å². The lowest BCUT2D eigenvalue weighted by molar-refractivity contribution is -0.0872. The summed E-state index contributed by atoms with van der Waals surface area (Å²) in [4.78, 5) is 11.9. The first-order chi connectivity index (χ1) is 12.7. The molecule has 0 bridgehead atoms. The number of benzene rings is 1. The van der Waals surface area contributed by atoms with Crippen LogP contribution in [0.25, 0.3) is 10.9 Å². The van der Waals surface area contributed by atoms with E-state index < -0.39 is 0 Å². The van der Waals surface area contributed by atoms with Crippen LogP contribution in [0.4, 0.5) is 5.95 Å². The molecule has 4 rings (SSSR count). The van der Waals surface area contributed by atoms with Crippen molar-refractivity contribution in [2.45, 2.75) is 38.8 Å². The Morgan fingerprint density at radius 1 is 1.15 bits per heavy atom. The molecule has 0 saturated carbocycles. The molecule has 2 fully saturated rings. The van der Waals surface area contributed by atoms with E-state index in [1.165, 1.54) is 5.56 Å². The zero-order valence-corrected chi connectivity index (χ0v) is 15.7. The summed E-state index contributed by atoms with van der Waals surface area (Å²) in [6, 6.07) is 6.91. The molecular formula is C20H28N4O2. The van der Waals surface area contributed by atoms with Gasteiger partial charge in [0.05, 0.1) is 37.1 Å². The second kappa shape index (κ2) is 7.86. The Morgan fingerprint density at radius 3 is 2.77 bits per heavy atom. The minimum Gasteiger partial charge on any atom is -0.376 e. The SMILES string of the molecule is Cc1ccc2nc(N3CCC(NCC4COCCO4)CC3)nc(C)c2c1. The van der Waals surface area contributed by atoms with E-state index in [9.17, 15) is 0 Å². The molecule has 2 aliphatic rings. The third kappa shape index (κ3) is 3.98. The van der Waals surface area contributed by atoms with E-state index in [-0.39, 0.29) is 6.10 Å². The summed E-state index contributed by atoms with van der Waals surface area (Å²) in [5.74, 6) is 0.862. The monoisotopic (exact) mass is 356 g/mol. The number of fused-ring (bicyclic) bond motifs is 1. The quantitative estimate of drug-likeness (QED) is 0.906. The van der Waals surface area contributed by atoms with Crippen molar-refractivity contribution in [3.8, 4) is 0 Å². The molecule has 3 heterocycles. The molecule has 0 radical (unpaired) electrons. The Bertz CT molecular complexity index is 753.